The third kappa shape index (κ3) is 2.91. The normalized spacial score (nSPS) is 13.3. The van der Waals surface area contributed by atoms with Gasteiger partial charge in [-0.05, 0) is 12.8 Å². The quantitative estimate of drug-likeness (QED) is 0.611. The summed E-state index contributed by atoms with van der Waals surface area (Å²) in [6.45, 7) is 8.93. The van der Waals surface area contributed by atoms with Gasteiger partial charge in [0.05, 0.1) is 0 Å². The standard InChI is InChI=1S/C9H19NO/c1-6-10(5)9(11)8(4)7(2)3/h7-8H,6H2,1-5H3/t8-/m0/s1. The Labute approximate surface area is 69.6 Å². The van der Waals surface area contributed by atoms with Crippen LogP contribution >= 0.6 is 0 Å². The van der Waals surface area contributed by atoms with Gasteiger partial charge in [0, 0.05) is 19.5 Å². The summed E-state index contributed by atoms with van der Waals surface area (Å²) in [5.74, 6) is 0.846. The molecule has 0 fully saturated rings. The number of hydrogen-bond acceptors (Lipinski definition) is 1. The predicted octanol–water partition coefficient (Wildman–Crippen LogP) is 1.76. The van der Waals surface area contributed by atoms with E-state index in [1.54, 1.807) is 4.90 Å². The molecule has 0 heterocycles. The molecule has 0 unspecified atom stereocenters. The van der Waals surface area contributed by atoms with Gasteiger partial charge in [-0.3, -0.25) is 4.79 Å². The van der Waals surface area contributed by atoms with Crippen molar-refractivity contribution in [2.75, 3.05) is 13.6 Å². The van der Waals surface area contributed by atoms with E-state index in [-0.39, 0.29) is 11.8 Å². The van der Waals surface area contributed by atoms with Crippen LogP contribution in [0.4, 0.5) is 0 Å². The molecule has 0 spiro atoms. The van der Waals surface area contributed by atoms with E-state index in [9.17, 15) is 4.79 Å². The summed E-state index contributed by atoms with van der Waals surface area (Å²) in [7, 11) is 1.85. The van der Waals surface area contributed by atoms with E-state index in [0.717, 1.165) is 6.54 Å². The first-order chi connectivity index (χ1) is 5.00. The maximum atomic E-state index is 11.4. The second-order valence-corrected chi connectivity index (χ2v) is 3.39. The average Bonchev–Trinajstić information content (AvgIpc) is 2.00. The molecule has 2 heteroatoms. The molecule has 0 aromatic rings. The average molecular weight is 157 g/mol. The maximum Gasteiger partial charge on any atom is 0.225 e. The smallest absolute Gasteiger partial charge is 0.225 e. The van der Waals surface area contributed by atoms with E-state index in [2.05, 4.69) is 13.8 Å². The zero-order valence-corrected chi connectivity index (χ0v) is 8.22. The van der Waals surface area contributed by atoms with Gasteiger partial charge in [-0.2, -0.15) is 0 Å². The molecule has 0 aliphatic rings. The Balaban J connectivity index is 4.02. The minimum atomic E-state index is 0.153. The van der Waals surface area contributed by atoms with E-state index in [4.69, 9.17) is 0 Å². The topological polar surface area (TPSA) is 20.3 Å². The molecule has 1 atom stereocenters. The van der Waals surface area contributed by atoms with Crippen LogP contribution in [0.3, 0.4) is 0 Å². The van der Waals surface area contributed by atoms with Crippen LogP contribution in [0.25, 0.3) is 0 Å². The van der Waals surface area contributed by atoms with Crippen LogP contribution in [0.15, 0.2) is 0 Å². The van der Waals surface area contributed by atoms with Crippen molar-refractivity contribution in [1.29, 1.82) is 0 Å². The van der Waals surface area contributed by atoms with Crippen LogP contribution in [0, 0.1) is 11.8 Å². The molecule has 0 saturated carbocycles. The molecule has 0 saturated heterocycles. The molecule has 0 rings (SSSR count). The Kier molecular flexibility index (Phi) is 4.16. The van der Waals surface area contributed by atoms with E-state index >= 15 is 0 Å². The van der Waals surface area contributed by atoms with E-state index in [0.29, 0.717) is 5.92 Å². The van der Waals surface area contributed by atoms with Crippen LogP contribution in [0.2, 0.25) is 0 Å². The van der Waals surface area contributed by atoms with Crippen molar-refractivity contribution in [3.05, 3.63) is 0 Å². The monoisotopic (exact) mass is 157 g/mol. The summed E-state index contributed by atoms with van der Waals surface area (Å²) in [6, 6.07) is 0. The second kappa shape index (κ2) is 4.37. The fraction of sp³-hybridized carbons (Fsp3) is 0.889. The summed E-state index contributed by atoms with van der Waals surface area (Å²) in [5, 5.41) is 0. The van der Waals surface area contributed by atoms with Crippen molar-refractivity contribution < 1.29 is 4.79 Å². The van der Waals surface area contributed by atoms with Crippen molar-refractivity contribution >= 4 is 5.91 Å². The summed E-state index contributed by atoms with van der Waals surface area (Å²) < 4.78 is 0. The molecular weight excluding hydrogens is 138 g/mol. The van der Waals surface area contributed by atoms with Crippen LogP contribution in [0.5, 0.6) is 0 Å². The van der Waals surface area contributed by atoms with Crippen LogP contribution in [-0.4, -0.2) is 24.4 Å². The molecule has 66 valence electrons. The van der Waals surface area contributed by atoms with Gasteiger partial charge in [-0.1, -0.05) is 20.8 Å². The highest BCUT2D eigenvalue weighted by molar-refractivity contribution is 5.78. The number of carbonyl (C=O) groups excluding carboxylic acids is 1. The number of hydrogen-bond donors (Lipinski definition) is 0. The Bertz CT molecular complexity index is 132. The molecule has 0 aromatic carbocycles. The number of amides is 1. The van der Waals surface area contributed by atoms with Crippen LogP contribution in [0.1, 0.15) is 27.7 Å². The van der Waals surface area contributed by atoms with Crippen molar-refractivity contribution in [3.8, 4) is 0 Å². The third-order valence-electron chi connectivity index (χ3n) is 2.24. The van der Waals surface area contributed by atoms with Crippen molar-refractivity contribution in [2.45, 2.75) is 27.7 Å². The van der Waals surface area contributed by atoms with Crippen molar-refractivity contribution in [1.82, 2.24) is 4.90 Å². The molecule has 0 aromatic heterocycles. The predicted molar refractivity (Wildman–Crippen MR) is 47.3 cm³/mol. The lowest BCUT2D eigenvalue weighted by Gasteiger charge is -2.21. The largest absolute Gasteiger partial charge is 0.346 e. The fourth-order valence-electron chi connectivity index (χ4n) is 0.789. The van der Waals surface area contributed by atoms with Gasteiger partial charge in [-0.25, -0.2) is 0 Å². The molecule has 0 bridgehead atoms. The SMILES string of the molecule is CCN(C)C(=O)[C@@H](C)C(C)C. The minimum Gasteiger partial charge on any atom is -0.346 e. The first-order valence-corrected chi connectivity index (χ1v) is 4.25. The summed E-state index contributed by atoms with van der Waals surface area (Å²) in [5.41, 5.74) is 0. The van der Waals surface area contributed by atoms with Crippen molar-refractivity contribution in [2.24, 2.45) is 11.8 Å². The number of rotatable bonds is 3. The van der Waals surface area contributed by atoms with E-state index in [1.165, 1.54) is 0 Å². The van der Waals surface area contributed by atoms with Crippen molar-refractivity contribution in [3.63, 3.8) is 0 Å². The van der Waals surface area contributed by atoms with Gasteiger partial charge in [0.15, 0.2) is 0 Å². The van der Waals surface area contributed by atoms with Gasteiger partial charge < -0.3 is 4.90 Å². The Morgan fingerprint density at radius 1 is 1.36 bits per heavy atom. The molecule has 0 aliphatic carbocycles. The maximum absolute atomic E-state index is 11.4. The summed E-state index contributed by atoms with van der Waals surface area (Å²) in [4.78, 5) is 13.2. The Hall–Kier alpha value is -0.530. The highest BCUT2D eigenvalue weighted by atomic mass is 16.2. The highest BCUT2D eigenvalue weighted by Gasteiger charge is 2.18. The Morgan fingerprint density at radius 3 is 2.09 bits per heavy atom. The lowest BCUT2D eigenvalue weighted by Crippen LogP contribution is -2.33. The zero-order valence-electron chi connectivity index (χ0n) is 8.22. The Morgan fingerprint density at radius 2 is 1.82 bits per heavy atom. The summed E-state index contributed by atoms with van der Waals surface area (Å²) in [6.07, 6.45) is 0. The lowest BCUT2D eigenvalue weighted by atomic mass is 9.97. The van der Waals surface area contributed by atoms with E-state index < -0.39 is 0 Å². The molecule has 2 nitrogen and oxygen atoms in total. The lowest BCUT2D eigenvalue weighted by molar-refractivity contribution is -0.134. The second-order valence-electron chi connectivity index (χ2n) is 3.39. The van der Waals surface area contributed by atoms with Gasteiger partial charge in [0.2, 0.25) is 5.91 Å². The minimum absolute atomic E-state index is 0.153. The first kappa shape index (κ1) is 10.5. The number of carbonyl (C=O) groups is 1. The molecule has 0 radical (unpaired) electrons. The van der Waals surface area contributed by atoms with Gasteiger partial charge in [-0.15, -0.1) is 0 Å². The first-order valence-electron chi connectivity index (χ1n) is 4.25. The number of nitrogens with zero attached hydrogens (tertiary/aromatic N) is 1. The van der Waals surface area contributed by atoms with Crippen LogP contribution < -0.4 is 0 Å². The van der Waals surface area contributed by atoms with E-state index in [1.807, 2.05) is 20.9 Å². The summed E-state index contributed by atoms with van der Waals surface area (Å²) >= 11 is 0. The molecule has 0 N–H and O–H groups in total. The van der Waals surface area contributed by atoms with Crippen LogP contribution in [-0.2, 0) is 4.79 Å². The third-order valence-corrected chi connectivity index (χ3v) is 2.24. The fourth-order valence-corrected chi connectivity index (χ4v) is 0.789. The van der Waals surface area contributed by atoms with Gasteiger partial charge in [0.25, 0.3) is 0 Å². The molecule has 1 amide bonds. The molecule has 11 heavy (non-hydrogen) atoms. The highest BCUT2D eigenvalue weighted by Crippen LogP contribution is 2.11. The van der Waals surface area contributed by atoms with Gasteiger partial charge >= 0.3 is 0 Å². The molecular formula is C9H19NO. The molecule has 0 aliphatic heterocycles. The van der Waals surface area contributed by atoms with Gasteiger partial charge in [0.1, 0.15) is 0 Å². The zero-order chi connectivity index (χ0) is 9.02.